The summed E-state index contributed by atoms with van der Waals surface area (Å²) >= 11 is 5.39. The van der Waals surface area contributed by atoms with Crippen LogP contribution in [0.4, 0.5) is 5.69 Å². The maximum absolute atomic E-state index is 11.3. The molecule has 0 radical (unpaired) electrons. The van der Waals surface area contributed by atoms with Gasteiger partial charge in [-0.1, -0.05) is 6.07 Å². The zero-order chi connectivity index (χ0) is 12.3. The Morgan fingerprint density at radius 2 is 2.12 bits per heavy atom. The van der Waals surface area contributed by atoms with Gasteiger partial charge in [-0.15, -0.1) is 11.6 Å². The Bertz CT molecular complexity index is 501. The van der Waals surface area contributed by atoms with E-state index in [1.54, 1.807) is 6.07 Å². The second-order valence-electron chi connectivity index (χ2n) is 3.13. The molecule has 0 saturated carbocycles. The number of primary sulfonamides is 1. The molecule has 0 unspecified atom stereocenters. The third-order valence-electron chi connectivity index (χ3n) is 2.02. The maximum Gasteiger partial charge on any atom is 0.241 e. The molecule has 0 fully saturated rings. The van der Waals surface area contributed by atoms with E-state index in [2.05, 4.69) is 0 Å². The third kappa shape index (κ3) is 2.94. The summed E-state index contributed by atoms with van der Waals surface area (Å²) < 4.78 is 22.2. The molecule has 0 spiro atoms. The molecule has 0 aromatic heterocycles. The summed E-state index contributed by atoms with van der Waals surface area (Å²) in [6.45, 7) is 0. The minimum Gasteiger partial charge on any atom is -0.314 e. The fraction of sp³-hybridized carbons (Fsp3) is 0.222. The number of sulfonamides is 1. The standard InChI is InChI=1S/C9H11ClN2O3S/c1-12(9(13)6-10)7-3-2-4-8(5-7)16(11,14)15/h2-5H,6H2,1H3,(H2,11,14,15). The summed E-state index contributed by atoms with van der Waals surface area (Å²) in [5.41, 5.74) is 0.428. The topological polar surface area (TPSA) is 80.5 Å². The number of hydrogen-bond acceptors (Lipinski definition) is 3. The van der Waals surface area contributed by atoms with Gasteiger partial charge in [-0.2, -0.15) is 0 Å². The predicted molar refractivity (Wildman–Crippen MR) is 61.9 cm³/mol. The van der Waals surface area contributed by atoms with Crippen molar-refractivity contribution in [2.45, 2.75) is 4.90 Å². The van der Waals surface area contributed by atoms with E-state index in [0.717, 1.165) is 0 Å². The van der Waals surface area contributed by atoms with Gasteiger partial charge in [0.1, 0.15) is 5.88 Å². The molecule has 5 nitrogen and oxygen atoms in total. The van der Waals surface area contributed by atoms with Crippen LogP contribution in [-0.4, -0.2) is 27.3 Å². The maximum atomic E-state index is 11.3. The highest BCUT2D eigenvalue weighted by Crippen LogP contribution is 2.17. The van der Waals surface area contributed by atoms with Crippen molar-refractivity contribution < 1.29 is 13.2 Å². The van der Waals surface area contributed by atoms with E-state index in [1.165, 1.54) is 30.1 Å². The Kier molecular flexibility index (Phi) is 3.90. The molecule has 1 aromatic rings. The predicted octanol–water partition coefficient (Wildman–Crippen LogP) is 0.536. The molecule has 16 heavy (non-hydrogen) atoms. The number of anilines is 1. The summed E-state index contributed by atoms with van der Waals surface area (Å²) in [7, 11) is -2.26. The average Bonchev–Trinajstić information content (AvgIpc) is 2.26. The zero-order valence-electron chi connectivity index (χ0n) is 8.55. The Morgan fingerprint density at radius 3 is 2.62 bits per heavy atom. The van der Waals surface area contributed by atoms with Crippen molar-refractivity contribution in [1.29, 1.82) is 0 Å². The van der Waals surface area contributed by atoms with E-state index in [1.807, 2.05) is 0 Å². The van der Waals surface area contributed by atoms with Gasteiger partial charge in [-0.25, -0.2) is 13.6 Å². The van der Waals surface area contributed by atoms with Gasteiger partial charge >= 0.3 is 0 Å². The van der Waals surface area contributed by atoms with E-state index in [9.17, 15) is 13.2 Å². The zero-order valence-corrected chi connectivity index (χ0v) is 10.1. The molecule has 0 bridgehead atoms. The largest absolute Gasteiger partial charge is 0.314 e. The Labute approximate surface area is 98.9 Å². The number of halogens is 1. The number of carbonyl (C=O) groups excluding carboxylic acids is 1. The monoisotopic (exact) mass is 262 g/mol. The highest BCUT2D eigenvalue weighted by molar-refractivity contribution is 7.89. The van der Waals surface area contributed by atoms with Crippen LogP contribution >= 0.6 is 11.6 Å². The molecule has 1 rings (SSSR count). The van der Waals surface area contributed by atoms with Crippen molar-refractivity contribution in [3.8, 4) is 0 Å². The van der Waals surface area contributed by atoms with Gasteiger partial charge in [0.15, 0.2) is 0 Å². The van der Waals surface area contributed by atoms with E-state index in [0.29, 0.717) is 5.69 Å². The van der Waals surface area contributed by atoms with E-state index in [4.69, 9.17) is 16.7 Å². The third-order valence-corrected chi connectivity index (χ3v) is 3.16. The smallest absolute Gasteiger partial charge is 0.241 e. The van der Waals surface area contributed by atoms with Crippen LogP contribution in [0.5, 0.6) is 0 Å². The molecule has 7 heteroatoms. The molecule has 0 heterocycles. The van der Waals surface area contributed by atoms with Crippen molar-refractivity contribution in [2.75, 3.05) is 17.8 Å². The van der Waals surface area contributed by atoms with Gasteiger partial charge in [0.05, 0.1) is 4.90 Å². The first-order valence-electron chi connectivity index (χ1n) is 4.31. The van der Waals surface area contributed by atoms with Crippen molar-refractivity contribution in [3.05, 3.63) is 24.3 Å². The Balaban J connectivity index is 3.13. The van der Waals surface area contributed by atoms with Crippen LogP contribution in [-0.2, 0) is 14.8 Å². The Hall–Kier alpha value is -1.11. The number of benzene rings is 1. The Morgan fingerprint density at radius 1 is 1.50 bits per heavy atom. The van der Waals surface area contributed by atoms with E-state index < -0.39 is 10.0 Å². The number of nitrogens with zero attached hydrogens (tertiary/aromatic N) is 1. The van der Waals surface area contributed by atoms with Gasteiger partial charge in [0.2, 0.25) is 15.9 Å². The summed E-state index contributed by atoms with van der Waals surface area (Å²) in [6.07, 6.45) is 0. The van der Waals surface area contributed by atoms with Crippen molar-refractivity contribution in [3.63, 3.8) is 0 Å². The van der Waals surface area contributed by atoms with Crippen LogP contribution in [0, 0.1) is 0 Å². The van der Waals surface area contributed by atoms with Gasteiger partial charge in [0.25, 0.3) is 0 Å². The molecule has 0 aliphatic heterocycles. The number of nitrogens with two attached hydrogens (primary N) is 1. The number of hydrogen-bond donors (Lipinski definition) is 1. The second kappa shape index (κ2) is 4.82. The molecule has 0 saturated heterocycles. The average molecular weight is 263 g/mol. The first-order chi connectivity index (χ1) is 7.36. The second-order valence-corrected chi connectivity index (χ2v) is 4.96. The lowest BCUT2D eigenvalue weighted by molar-refractivity contribution is -0.116. The number of carbonyl (C=O) groups is 1. The lowest BCUT2D eigenvalue weighted by atomic mass is 10.3. The molecule has 0 atom stereocenters. The van der Waals surface area contributed by atoms with Crippen LogP contribution in [0.15, 0.2) is 29.2 Å². The van der Waals surface area contributed by atoms with E-state index in [-0.39, 0.29) is 16.7 Å². The molecule has 2 N–H and O–H groups in total. The summed E-state index contributed by atoms with van der Waals surface area (Å²) in [5, 5.41) is 4.98. The molecule has 1 amide bonds. The van der Waals surface area contributed by atoms with Crippen LogP contribution in [0.25, 0.3) is 0 Å². The van der Waals surface area contributed by atoms with Crippen LogP contribution in [0.3, 0.4) is 0 Å². The van der Waals surface area contributed by atoms with Gasteiger partial charge in [0, 0.05) is 12.7 Å². The molecule has 1 aromatic carbocycles. The highest BCUT2D eigenvalue weighted by Gasteiger charge is 2.13. The summed E-state index contributed by atoms with van der Waals surface area (Å²) in [6, 6.07) is 5.78. The van der Waals surface area contributed by atoms with Crippen molar-refractivity contribution in [2.24, 2.45) is 5.14 Å². The summed E-state index contributed by atoms with van der Waals surface area (Å²) in [4.78, 5) is 12.5. The van der Waals surface area contributed by atoms with Crippen molar-refractivity contribution in [1.82, 2.24) is 0 Å². The molecule has 0 aliphatic carbocycles. The molecule has 0 aliphatic rings. The molecular formula is C9H11ClN2O3S. The lowest BCUT2D eigenvalue weighted by Gasteiger charge is -2.16. The highest BCUT2D eigenvalue weighted by atomic mass is 35.5. The first kappa shape index (κ1) is 13.0. The van der Waals surface area contributed by atoms with Crippen LogP contribution < -0.4 is 10.0 Å². The molecule has 88 valence electrons. The molecular weight excluding hydrogens is 252 g/mol. The number of amides is 1. The van der Waals surface area contributed by atoms with Gasteiger partial charge in [-0.05, 0) is 18.2 Å². The SMILES string of the molecule is CN(C(=O)CCl)c1cccc(S(N)(=O)=O)c1. The minimum absolute atomic E-state index is 0.0424. The van der Waals surface area contributed by atoms with Crippen molar-refractivity contribution >= 4 is 33.2 Å². The minimum atomic E-state index is -3.76. The first-order valence-corrected chi connectivity index (χ1v) is 6.39. The van der Waals surface area contributed by atoms with E-state index >= 15 is 0 Å². The fourth-order valence-corrected chi connectivity index (χ4v) is 1.84. The number of alkyl halides is 1. The van der Waals surface area contributed by atoms with Gasteiger partial charge < -0.3 is 4.90 Å². The normalized spacial score (nSPS) is 11.2. The lowest BCUT2D eigenvalue weighted by Crippen LogP contribution is -2.27. The quantitative estimate of drug-likeness (QED) is 0.807. The van der Waals surface area contributed by atoms with Crippen LogP contribution in [0.2, 0.25) is 0 Å². The summed E-state index contributed by atoms with van der Waals surface area (Å²) in [5.74, 6) is -0.496. The fourth-order valence-electron chi connectivity index (χ4n) is 1.10. The van der Waals surface area contributed by atoms with Crippen LogP contribution in [0.1, 0.15) is 0 Å². The number of rotatable bonds is 3. The van der Waals surface area contributed by atoms with Gasteiger partial charge in [-0.3, -0.25) is 4.79 Å².